The fourth-order valence-electron chi connectivity index (χ4n) is 2.39. The maximum absolute atomic E-state index is 5.80. The molecule has 1 fully saturated rings. The van der Waals surface area contributed by atoms with E-state index in [0.717, 1.165) is 31.2 Å². The lowest BCUT2D eigenvalue weighted by molar-refractivity contribution is -0.0884. The van der Waals surface area contributed by atoms with Crippen LogP contribution in [0.2, 0.25) is 0 Å². The van der Waals surface area contributed by atoms with Gasteiger partial charge in [0.15, 0.2) is 0 Å². The molecule has 0 unspecified atom stereocenters. The molecule has 1 saturated heterocycles. The van der Waals surface area contributed by atoms with E-state index in [-0.39, 0.29) is 10.8 Å². The van der Waals surface area contributed by atoms with Gasteiger partial charge in [-0.25, -0.2) is 0 Å². The molecule has 0 amide bonds. The van der Waals surface area contributed by atoms with Crippen molar-refractivity contribution in [2.24, 2.45) is 11.1 Å². The van der Waals surface area contributed by atoms with Gasteiger partial charge in [0, 0.05) is 0 Å². The number of furan rings is 1. The van der Waals surface area contributed by atoms with Crippen LogP contribution in [0.4, 0.5) is 0 Å². The van der Waals surface area contributed by atoms with Crippen molar-refractivity contribution in [3.63, 3.8) is 0 Å². The molecule has 3 nitrogen and oxygen atoms in total. The van der Waals surface area contributed by atoms with Crippen molar-refractivity contribution >= 4 is 0 Å². The average molecular weight is 223 g/mol. The summed E-state index contributed by atoms with van der Waals surface area (Å²) in [6, 6.07) is 4.09. The minimum Gasteiger partial charge on any atom is -0.466 e. The van der Waals surface area contributed by atoms with E-state index in [9.17, 15) is 0 Å². The van der Waals surface area contributed by atoms with Gasteiger partial charge in [-0.1, -0.05) is 13.8 Å². The van der Waals surface area contributed by atoms with Gasteiger partial charge in [0.1, 0.15) is 11.5 Å². The van der Waals surface area contributed by atoms with Crippen LogP contribution >= 0.6 is 0 Å². The number of hydrogen-bond donors (Lipinski definition) is 1. The quantitative estimate of drug-likeness (QED) is 0.851. The Morgan fingerprint density at radius 1 is 1.38 bits per heavy atom. The van der Waals surface area contributed by atoms with Gasteiger partial charge >= 0.3 is 0 Å². The summed E-state index contributed by atoms with van der Waals surface area (Å²) in [5, 5.41) is 0. The Bertz CT molecular complexity index is 364. The minimum atomic E-state index is 0.0527. The molecule has 2 N–H and O–H groups in total. The Labute approximate surface area is 97.0 Å². The Balaban J connectivity index is 2.20. The summed E-state index contributed by atoms with van der Waals surface area (Å²) >= 11 is 0. The lowest BCUT2D eigenvalue weighted by atomic mass is 9.70. The molecule has 1 aliphatic heterocycles. The van der Waals surface area contributed by atoms with E-state index >= 15 is 0 Å². The van der Waals surface area contributed by atoms with Crippen molar-refractivity contribution in [3.05, 3.63) is 23.7 Å². The fraction of sp³-hybridized carbons (Fsp3) is 0.692. The highest BCUT2D eigenvalue weighted by Gasteiger charge is 2.46. The lowest BCUT2D eigenvalue weighted by Gasteiger charge is -2.44. The van der Waals surface area contributed by atoms with Crippen LogP contribution < -0.4 is 5.73 Å². The molecule has 16 heavy (non-hydrogen) atoms. The zero-order valence-electron chi connectivity index (χ0n) is 10.4. The van der Waals surface area contributed by atoms with E-state index in [1.807, 2.05) is 13.0 Å². The fourth-order valence-corrected chi connectivity index (χ4v) is 2.39. The number of hydrogen-bond acceptors (Lipinski definition) is 3. The van der Waals surface area contributed by atoms with Gasteiger partial charge in [-0.05, 0) is 37.4 Å². The molecule has 0 aromatic carbocycles. The third-order valence-electron chi connectivity index (χ3n) is 3.39. The topological polar surface area (TPSA) is 48.4 Å². The summed E-state index contributed by atoms with van der Waals surface area (Å²) in [4.78, 5) is 0. The monoisotopic (exact) mass is 223 g/mol. The maximum atomic E-state index is 5.80. The first-order chi connectivity index (χ1) is 7.47. The summed E-state index contributed by atoms with van der Waals surface area (Å²) in [6.07, 6.45) is 1.02. The van der Waals surface area contributed by atoms with E-state index in [2.05, 4.69) is 19.9 Å². The summed E-state index contributed by atoms with van der Waals surface area (Å²) in [6.45, 7) is 8.57. The minimum absolute atomic E-state index is 0.0527. The molecule has 2 rings (SSSR count). The molecule has 0 spiro atoms. The summed E-state index contributed by atoms with van der Waals surface area (Å²) in [7, 11) is 0. The molecule has 0 radical (unpaired) electrons. The largest absolute Gasteiger partial charge is 0.466 e. The summed E-state index contributed by atoms with van der Waals surface area (Å²) in [5.74, 6) is 2.02. The predicted molar refractivity (Wildman–Crippen MR) is 63.4 cm³/mol. The molecule has 1 aromatic heterocycles. The highest BCUT2D eigenvalue weighted by atomic mass is 16.5. The molecule has 0 bridgehead atoms. The van der Waals surface area contributed by atoms with Crippen molar-refractivity contribution in [1.82, 2.24) is 0 Å². The molecule has 0 atom stereocenters. The van der Waals surface area contributed by atoms with Crippen molar-refractivity contribution in [2.75, 3.05) is 19.8 Å². The Morgan fingerprint density at radius 2 is 2.06 bits per heavy atom. The smallest absolute Gasteiger partial charge is 0.114 e. The van der Waals surface area contributed by atoms with Gasteiger partial charge in [-0.2, -0.15) is 0 Å². The average Bonchev–Trinajstić information content (AvgIpc) is 2.59. The number of nitrogens with two attached hydrogens (primary N) is 1. The van der Waals surface area contributed by atoms with Gasteiger partial charge in [0.05, 0.1) is 18.6 Å². The highest BCUT2D eigenvalue weighted by Crippen LogP contribution is 2.42. The third kappa shape index (κ3) is 2.02. The van der Waals surface area contributed by atoms with Gasteiger partial charge in [0.25, 0.3) is 0 Å². The summed E-state index contributed by atoms with van der Waals surface area (Å²) in [5.41, 5.74) is 5.99. The second kappa shape index (κ2) is 3.90. The van der Waals surface area contributed by atoms with Crippen molar-refractivity contribution in [3.8, 4) is 0 Å². The zero-order valence-corrected chi connectivity index (χ0v) is 10.4. The first-order valence-corrected chi connectivity index (χ1v) is 5.82. The molecular weight excluding hydrogens is 202 g/mol. The van der Waals surface area contributed by atoms with Crippen LogP contribution in [-0.2, 0) is 10.2 Å². The van der Waals surface area contributed by atoms with Crippen LogP contribution in [0.3, 0.4) is 0 Å². The van der Waals surface area contributed by atoms with Crippen LogP contribution in [-0.4, -0.2) is 19.8 Å². The Morgan fingerprint density at radius 3 is 2.44 bits per heavy atom. The van der Waals surface area contributed by atoms with Gasteiger partial charge in [-0.3, -0.25) is 0 Å². The predicted octanol–water partition coefficient (Wildman–Crippen LogP) is 2.23. The van der Waals surface area contributed by atoms with Crippen LogP contribution in [0.1, 0.15) is 31.8 Å². The first kappa shape index (κ1) is 11.7. The van der Waals surface area contributed by atoms with Crippen LogP contribution in [0, 0.1) is 12.3 Å². The Hall–Kier alpha value is -0.800. The molecular formula is C13H21NO2. The van der Waals surface area contributed by atoms with E-state index in [4.69, 9.17) is 14.9 Å². The van der Waals surface area contributed by atoms with Crippen LogP contribution in [0.15, 0.2) is 16.5 Å². The number of rotatable bonds is 4. The molecule has 90 valence electrons. The van der Waals surface area contributed by atoms with Gasteiger partial charge in [0.2, 0.25) is 0 Å². The van der Waals surface area contributed by atoms with E-state index < -0.39 is 0 Å². The third-order valence-corrected chi connectivity index (χ3v) is 3.39. The van der Waals surface area contributed by atoms with Crippen LogP contribution in [0.5, 0.6) is 0 Å². The maximum Gasteiger partial charge on any atom is 0.114 e. The molecule has 3 heteroatoms. The molecule has 1 aliphatic rings. The lowest BCUT2D eigenvalue weighted by Crippen LogP contribution is -2.50. The van der Waals surface area contributed by atoms with E-state index in [1.54, 1.807) is 0 Å². The van der Waals surface area contributed by atoms with Crippen LogP contribution in [0.25, 0.3) is 0 Å². The normalized spacial score (nSPS) is 19.5. The molecule has 1 aromatic rings. The van der Waals surface area contributed by atoms with Crippen molar-refractivity contribution in [1.29, 1.82) is 0 Å². The number of ether oxygens (including phenoxy) is 1. The van der Waals surface area contributed by atoms with E-state index in [0.29, 0.717) is 6.54 Å². The van der Waals surface area contributed by atoms with Gasteiger partial charge < -0.3 is 14.9 Å². The molecule has 0 aliphatic carbocycles. The number of aryl methyl sites for hydroxylation is 1. The highest BCUT2D eigenvalue weighted by molar-refractivity contribution is 5.21. The Kier molecular flexibility index (Phi) is 2.84. The standard InChI is InChI=1S/C13H21NO2/c1-10-4-5-11(16-10)13(8-15-9-13)6-12(2,3)7-14/h4-5H,6-9,14H2,1-3H3. The SMILES string of the molecule is Cc1ccc(C2(CC(C)(C)CN)COC2)o1. The van der Waals surface area contributed by atoms with Gasteiger partial charge in [-0.15, -0.1) is 0 Å². The van der Waals surface area contributed by atoms with E-state index in [1.165, 1.54) is 0 Å². The second-order valence-corrected chi connectivity index (χ2v) is 5.73. The van der Waals surface area contributed by atoms with Crippen molar-refractivity contribution in [2.45, 2.75) is 32.6 Å². The van der Waals surface area contributed by atoms with Crippen molar-refractivity contribution < 1.29 is 9.15 Å². The second-order valence-electron chi connectivity index (χ2n) is 5.73. The molecule has 2 heterocycles. The first-order valence-electron chi connectivity index (χ1n) is 5.82. The molecule has 0 saturated carbocycles. The zero-order chi connectivity index (χ0) is 11.8. The summed E-state index contributed by atoms with van der Waals surface area (Å²) < 4.78 is 11.2.